The van der Waals surface area contributed by atoms with Crippen LogP contribution in [0.1, 0.15) is 88.1 Å². The number of carboxylic acids is 1. The zero-order valence-corrected chi connectivity index (χ0v) is 25.3. The summed E-state index contributed by atoms with van der Waals surface area (Å²) in [7, 11) is 0. The molecule has 41 heavy (non-hydrogen) atoms. The van der Waals surface area contributed by atoms with E-state index >= 15 is 0 Å². The molecule has 0 aliphatic heterocycles. The van der Waals surface area contributed by atoms with Gasteiger partial charge in [0.25, 0.3) is 0 Å². The van der Waals surface area contributed by atoms with E-state index in [-0.39, 0.29) is 11.2 Å². The van der Waals surface area contributed by atoms with E-state index in [0.29, 0.717) is 24.3 Å². The molecule has 1 heterocycles. The zero-order chi connectivity index (χ0) is 29.9. The molecule has 0 fully saturated rings. The highest BCUT2D eigenvalue weighted by molar-refractivity contribution is 5.88. The van der Waals surface area contributed by atoms with Crippen LogP contribution in [0.25, 0.3) is 16.7 Å². The average molecular weight is 560 g/mol. The fraction of sp³-hybridized carbons (Fsp3) is 0.429. The number of pyridine rings is 1. The standard InChI is InChI=1S/C35H42FNO4/c1-22-29(25-10-14-28(15-11-25)40-21-18-24-8-12-27(36)13-9-24)31(26-16-19-35(6,7)20-17-26)30(23(2)37-22)32(33(38)39)41-34(3,4)5/h8-16,32H,17-21H2,1-7H3,(H,38,39). The number of rotatable bonds is 9. The summed E-state index contributed by atoms with van der Waals surface area (Å²) >= 11 is 0. The van der Waals surface area contributed by atoms with Gasteiger partial charge in [0.2, 0.25) is 0 Å². The Morgan fingerprint density at radius 1 is 1.02 bits per heavy atom. The van der Waals surface area contributed by atoms with Gasteiger partial charge in [0.05, 0.1) is 12.2 Å². The Balaban J connectivity index is 1.74. The lowest BCUT2D eigenvalue weighted by atomic mass is 9.74. The van der Waals surface area contributed by atoms with Gasteiger partial charge >= 0.3 is 5.97 Å². The minimum atomic E-state index is -1.15. The summed E-state index contributed by atoms with van der Waals surface area (Å²) in [6.45, 7) is 14.5. The number of aromatic nitrogens is 1. The Morgan fingerprint density at radius 2 is 1.68 bits per heavy atom. The van der Waals surface area contributed by atoms with Gasteiger partial charge in [-0.3, -0.25) is 4.98 Å². The number of benzene rings is 2. The van der Waals surface area contributed by atoms with Crippen LogP contribution in [-0.2, 0) is 16.0 Å². The van der Waals surface area contributed by atoms with Crippen molar-refractivity contribution in [3.05, 3.63) is 88.5 Å². The number of carboxylic acid groups (broad SMARTS) is 1. The van der Waals surface area contributed by atoms with E-state index in [1.54, 1.807) is 12.1 Å². The van der Waals surface area contributed by atoms with Crippen molar-refractivity contribution in [2.45, 2.75) is 85.9 Å². The molecule has 1 aliphatic carbocycles. The fourth-order valence-corrected chi connectivity index (χ4v) is 5.42. The molecule has 0 amide bonds. The molecule has 0 spiro atoms. The number of hydrogen-bond acceptors (Lipinski definition) is 4. The largest absolute Gasteiger partial charge is 0.493 e. The third-order valence-corrected chi connectivity index (χ3v) is 7.57. The summed E-state index contributed by atoms with van der Waals surface area (Å²) in [6, 6.07) is 14.3. The Bertz CT molecular complexity index is 1420. The third kappa shape index (κ3) is 7.62. The lowest BCUT2D eigenvalue weighted by Crippen LogP contribution is -2.29. The van der Waals surface area contributed by atoms with Crippen LogP contribution < -0.4 is 4.74 Å². The molecule has 3 aromatic rings. The van der Waals surface area contributed by atoms with Gasteiger partial charge in [-0.2, -0.15) is 0 Å². The van der Waals surface area contributed by atoms with Gasteiger partial charge in [-0.1, -0.05) is 44.2 Å². The van der Waals surface area contributed by atoms with Gasteiger partial charge in [0, 0.05) is 28.9 Å². The average Bonchev–Trinajstić information content (AvgIpc) is 2.88. The van der Waals surface area contributed by atoms with Gasteiger partial charge in [0.1, 0.15) is 11.6 Å². The number of carbonyl (C=O) groups is 1. The maximum absolute atomic E-state index is 13.2. The number of nitrogens with zero attached hydrogens (tertiary/aromatic N) is 1. The molecule has 6 heteroatoms. The quantitative estimate of drug-likeness (QED) is 0.284. The summed E-state index contributed by atoms with van der Waals surface area (Å²) in [5, 5.41) is 10.4. The van der Waals surface area contributed by atoms with Gasteiger partial charge in [0.15, 0.2) is 6.10 Å². The van der Waals surface area contributed by atoms with Crippen LogP contribution in [0, 0.1) is 25.1 Å². The number of allylic oxidation sites excluding steroid dienone is 2. The molecule has 5 nitrogen and oxygen atoms in total. The lowest BCUT2D eigenvalue weighted by Gasteiger charge is -2.33. The molecule has 1 unspecified atom stereocenters. The predicted molar refractivity (Wildman–Crippen MR) is 162 cm³/mol. The second kappa shape index (κ2) is 12.2. The highest BCUT2D eigenvalue weighted by Crippen LogP contribution is 2.45. The first-order valence-electron chi connectivity index (χ1n) is 14.3. The molecule has 1 aromatic heterocycles. The molecule has 0 saturated heterocycles. The Kier molecular flexibility index (Phi) is 9.03. The van der Waals surface area contributed by atoms with E-state index < -0.39 is 17.7 Å². The first kappa shape index (κ1) is 30.4. The van der Waals surface area contributed by atoms with Crippen molar-refractivity contribution >= 4 is 11.5 Å². The van der Waals surface area contributed by atoms with Crippen LogP contribution in [-0.4, -0.2) is 28.3 Å². The summed E-state index contributed by atoms with van der Waals surface area (Å²) in [4.78, 5) is 17.5. The van der Waals surface area contributed by atoms with E-state index in [4.69, 9.17) is 14.5 Å². The first-order valence-corrected chi connectivity index (χ1v) is 14.3. The normalized spacial score (nSPS) is 15.8. The molecule has 1 atom stereocenters. The van der Waals surface area contributed by atoms with Crippen molar-refractivity contribution < 1.29 is 23.8 Å². The van der Waals surface area contributed by atoms with Crippen LogP contribution >= 0.6 is 0 Å². The van der Waals surface area contributed by atoms with Crippen molar-refractivity contribution in [1.82, 2.24) is 4.98 Å². The number of halogens is 1. The minimum absolute atomic E-state index is 0.196. The SMILES string of the molecule is Cc1nc(C)c(C(OC(C)(C)C)C(=O)O)c(C2=CCC(C)(C)CC2)c1-c1ccc(OCCc2ccc(F)cc2)cc1. The summed E-state index contributed by atoms with van der Waals surface area (Å²) in [5.41, 5.74) is 6.63. The molecule has 2 aromatic carbocycles. The summed E-state index contributed by atoms with van der Waals surface area (Å²) < 4.78 is 25.3. The second-order valence-electron chi connectivity index (χ2n) is 12.7. The molecule has 0 bridgehead atoms. The molecular formula is C35H42FNO4. The van der Waals surface area contributed by atoms with Crippen molar-refractivity contribution in [3.63, 3.8) is 0 Å². The van der Waals surface area contributed by atoms with Gasteiger partial charge in [-0.25, -0.2) is 9.18 Å². The summed E-state index contributed by atoms with van der Waals surface area (Å²) in [6.07, 6.45) is 4.57. The highest BCUT2D eigenvalue weighted by Gasteiger charge is 2.35. The fourth-order valence-electron chi connectivity index (χ4n) is 5.42. The minimum Gasteiger partial charge on any atom is -0.493 e. The van der Waals surface area contributed by atoms with Crippen LogP contribution in [0.2, 0.25) is 0 Å². The van der Waals surface area contributed by atoms with E-state index in [1.165, 1.54) is 12.1 Å². The maximum atomic E-state index is 13.2. The van der Waals surface area contributed by atoms with E-state index in [2.05, 4.69) is 19.9 Å². The number of ether oxygens (including phenoxy) is 2. The first-order chi connectivity index (χ1) is 19.2. The monoisotopic (exact) mass is 559 g/mol. The Labute approximate surface area is 243 Å². The van der Waals surface area contributed by atoms with Crippen molar-refractivity contribution in [2.24, 2.45) is 5.41 Å². The van der Waals surface area contributed by atoms with E-state index in [9.17, 15) is 14.3 Å². The molecule has 1 N–H and O–H groups in total. The Morgan fingerprint density at radius 3 is 2.24 bits per heavy atom. The van der Waals surface area contributed by atoms with Gasteiger partial charge in [-0.05, 0) is 106 Å². The molecule has 1 aliphatic rings. The summed E-state index contributed by atoms with van der Waals surface area (Å²) in [5.74, 6) is -0.544. The van der Waals surface area contributed by atoms with Gasteiger partial charge < -0.3 is 14.6 Å². The molecule has 218 valence electrons. The zero-order valence-electron chi connectivity index (χ0n) is 25.3. The molecule has 0 saturated carbocycles. The van der Waals surface area contributed by atoms with Crippen molar-refractivity contribution in [2.75, 3.05) is 6.61 Å². The second-order valence-corrected chi connectivity index (χ2v) is 12.7. The van der Waals surface area contributed by atoms with Crippen LogP contribution in [0.4, 0.5) is 4.39 Å². The number of hydrogen-bond donors (Lipinski definition) is 1. The van der Waals surface area contributed by atoms with Crippen LogP contribution in [0.15, 0.2) is 54.6 Å². The molecular weight excluding hydrogens is 517 g/mol. The van der Waals surface area contributed by atoms with Crippen LogP contribution in [0.5, 0.6) is 5.75 Å². The molecule has 0 radical (unpaired) electrons. The smallest absolute Gasteiger partial charge is 0.337 e. The van der Waals surface area contributed by atoms with Crippen molar-refractivity contribution in [3.8, 4) is 16.9 Å². The van der Waals surface area contributed by atoms with Crippen LogP contribution in [0.3, 0.4) is 0 Å². The lowest BCUT2D eigenvalue weighted by molar-refractivity contribution is -0.160. The maximum Gasteiger partial charge on any atom is 0.337 e. The topological polar surface area (TPSA) is 68.7 Å². The van der Waals surface area contributed by atoms with Gasteiger partial charge in [-0.15, -0.1) is 0 Å². The third-order valence-electron chi connectivity index (χ3n) is 7.57. The highest BCUT2D eigenvalue weighted by atomic mass is 19.1. The molecule has 4 rings (SSSR count). The number of aryl methyl sites for hydroxylation is 2. The van der Waals surface area contributed by atoms with Crippen molar-refractivity contribution in [1.29, 1.82) is 0 Å². The van der Waals surface area contributed by atoms with E-state index in [1.807, 2.05) is 58.9 Å². The predicted octanol–water partition coefficient (Wildman–Crippen LogP) is 8.66. The van der Waals surface area contributed by atoms with E-state index in [0.717, 1.165) is 58.5 Å². The Hall–Kier alpha value is -3.51. The number of aliphatic carboxylic acids is 1.